The van der Waals surface area contributed by atoms with E-state index in [4.69, 9.17) is 4.74 Å². The van der Waals surface area contributed by atoms with Crippen LogP contribution in [-0.2, 0) is 14.3 Å². The first-order valence-corrected chi connectivity index (χ1v) is 11.1. The Labute approximate surface area is 200 Å². The van der Waals surface area contributed by atoms with E-state index in [0.717, 1.165) is 4.47 Å². The van der Waals surface area contributed by atoms with Gasteiger partial charge in [0.05, 0.1) is 18.2 Å². The molecular formula is C26H22BrNO5. The van der Waals surface area contributed by atoms with Gasteiger partial charge in [0, 0.05) is 22.1 Å². The van der Waals surface area contributed by atoms with Gasteiger partial charge < -0.3 is 4.74 Å². The van der Waals surface area contributed by atoms with E-state index in [9.17, 15) is 19.2 Å². The third-order valence-corrected chi connectivity index (χ3v) is 5.56. The standard InChI is InChI=1S/C26H22BrNO5/c1-2-33-26(32)20-10-14-22(15-11-20)28(25(31)17-29)23(18-8-12-21(27)13-9-18)16-24(30)19-6-4-3-5-7-19/h3-15,17,23H,2,16H2,1H3. The second-order valence-corrected chi connectivity index (χ2v) is 8.07. The molecule has 0 heterocycles. The predicted octanol–water partition coefficient (Wildman–Crippen LogP) is 5.17. The fourth-order valence-corrected chi connectivity index (χ4v) is 3.72. The van der Waals surface area contributed by atoms with Crippen molar-refractivity contribution in [2.45, 2.75) is 19.4 Å². The zero-order valence-corrected chi connectivity index (χ0v) is 19.5. The smallest absolute Gasteiger partial charge is 0.338 e. The molecular weight excluding hydrogens is 486 g/mol. The van der Waals surface area contributed by atoms with E-state index in [-0.39, 0.29) is 25.1 Å². The van der Waals surface area contributed by atoms with Crippen molar-refractivity contribution in [1.82, 2.24) is 0 Å². The topological polar surface area (TPSA) is 80.8 Å². The summed E-state index contributed by atoms with van der Waals surface area (Å²) in [4.78, 5) is 50.7. The van der Waals surface area contributed by atoms with Gasteiger partial charge in [-0.25, -0.2) is 4.79 Å². The van der Waals surface area contributed by atoms with Crippen molar-refractivity contribution < 1.29 is 23.9 Å². The number of benzene rings is 3. The normalized spacial score (nSPS) is 11.3. The summed E-state index contributed by atoms with van der Waals surface area (Å²) in [7, 11) is 0. The second-order valence-electron chi connectivity index (χ2n) is 7.15. The molecule has 0 aliphatic heterocycles. The minimum absolute atomic E-state index is 0.0369. The molecule has 3 aromatic rings. The highest BCUT2D eigenvalue weighted by Gasteiger charge is 2.29. The number of nitrogens with zero attached hydrogens (tertiary/aromatic N) is 1. The predicted molar refractivity (Wildman–Crippen MR) is 128 cm³/mol. The molecule has 0 fully saturated rings. The van der Waals surface area contributed by atoms with Crippen LogP contribution in [0.25, 0.3) is 0 Å². The van der Waals surface area contributed by atoms with E-state index >= 15 is 0 Å². The zero-order chi connectivity index (χ0) is 23.8. The van der Waals surface area contributed by atoms with Gasteiger partial charge in [-0.3, -0.25) is 19.3 Å². The zero-order valence-electron chi connectivity index (χ0n) is 17.9. The highest BCUT2D eigenvalue weighted by Crippen LogP contribution is 2.32. The second kappa shape index (κ2) is 11.3. The molecule has 0 saturated heterocycles. The lowest BCUT2D eigenvalue weighted by Crippen LogP contribution is -2.37. The molecule has 1 amide bonds. The third kappa shape index (κ3) is 6.02. The molecule has 1 atom stereocenters. The lowest BCUT2D eigenvalue weighted by atomic mass is 9.95. The van der Waals surface area contributed by atoms with Crippen LogP contribution < -0.4 is 4.90 Å². The number of hydrogen-bond donors (Lipinski definition) is 0. The van der Waals surface area contributed by atoms with Crippen LogP contribution in [0, 0.1) is 0 Å². The number of Topliss-reactive ketones (excluding diaryl/α,β-unsaturated/α-hetero) is 1. The molecule has 0 aromatic heterocycles. The third-order valence-electron chi connectivity index (χ3n) is 5.04. The molecule has 0 aliphatic rings. The summed E-state index contributed by atoms with van der Waals surface area (Å²) in [6.45, 7) is 1.95. The summed E-state index contributed by atoms with van der Waals surface area (Å²) in [5, 5.41) is 0. The Morgan fingerprint density at radius 2 is 1.55 bits per heavy atom. The first-order valence-electron chi connectivity index (χ1n) is 10.3. The Morgan fingerprint density at radius 3 is 2.12 bits per heavy atom. The summed E-state index contributed by atoms with van der Waals surface area (Å²) < 4.78 is 5.84. The number of amides is 1. The van der Waals surface area contributed by atoms with Crippen LogP contribution in [0.5, 0.6) is 0 Å². The number of carbonyl (C=O) groups is 4. The van der Waals surface area contributed by atoms with Crippen molar-refractivity contribution in [3.63, 3.8) is 0 Å². The lowest BCUT2D eigenvalue weighted by molar-refractivity contribution is -0.129. The largest absolute Gasteiger partial charge is 0.462 e. The van der Waals surface area contributed by atoms with E-state index in [0.29, 0.717) is 22.4 Å². The maximum atomic E-state index is 13.1. The van der Waals surface area contributed by atoms with Gasteiger partial charge in [0.2, 0.25) is 6.29 Å². The van der Waals surface area contributed by atoms with Gasteiger partial charge >= 0.3 is 5.97 Å². The molecule has 7 heteroatoms. The van der Waals surface area contributed by atoms with E-state index in [2.05, 4.69) is 15.9 Å². The molecule has 6 nitrogen and oxygen atoms in total. The Kier molecular flexibility index (Phi) is 8.27. The van der Waals surface area contributed by atoms with Crippen molar-refractivity contribution in [3.05, 3.63) is 100 Å². The Hall–Kier alpha value is -3.58. The average Bonchev–Trinajstić information content (AvgIpc) is 2.85. The molecule has 1 unspecified atom stereocenters. The van der Waals surface area contributed by atoms with Gasteiger partial charge in [-0.05, 0) is 48.9 Å². The van der Waals surface area contributed by atoms with Gasteiger partial charge in [0.15, 0.2) is 5.78 Å². The fourth-order valence-electron chi connectivity index (χ4n) is 3.45. The average molecular weight is 508 g/mol. The molecule has 0 radical (unpaired) electrons. The van der Waals surface area contributed by atoms with Crippen molar-refractivity contribution in [2.24, 2.45) is 0 Å². The number of rotatable bonds is 9. The number of hydrogen-bond acceptors (Lipinski definition) is 5. The van der Waals surface area contributed by atoms with Crippen LogP contribution in [0.15, 0.2) is 83.3 Å². The van der Waals surface area contributed by atoms with E-state index < -0.39 is 17.9 Å². The first-order chi connectivity index (χ1) is 15.9. The maximum absolute atomic E-state index is 13.1. The van der Waals surface area contributed by atoms with Crippen LogP contribution in [-0.4, -0.2) is 30.6 Å². The summed E-state index contributed by atoms with van der Waals surface area (Å²) in [6, 6.07) is 21.4. The number of anilines is 1. The summed E-state index contributed by atoms with van der Waals surface area (Å²) in [5.41, 5.74) is 1.90. The Morgan fingerprint density at radius 1 is 0.909 bits per heavy atom. The molecule has 3 aromatic carbocycles. The molecule has 0 N–H and O–H groups in total. The van der Waals surface area contributed by atoms with Crippen LogP contribution >= 0.6 is 15.9 Å². The maximum Gasteiger partial charge on any atom is 0.338 e. The molecule has 0 spiro atoms. The van der Waals surface area contributed by atoms with Crippen molar-refractivity contribution >= 4 is 45.6 Å². The van der Waals surface area contributed by atoms with Crippen LogP contribution in [0.1, 0.15) is 45.7 Å². The van der Waals surface area contributed by atoms with E-state index in [1.165, 1.54) is 17.0 Å². The van der Waals surface area contributed by atoms with Gasteiger partial charge in [-0.1, -0.05) is 58.4 Å². The highest BCUT2D eigenvalue weighted by atomic mass is 79.9. The van der Waals surface area contributed by atoms with Gasteiger partial charge in [0.25, 0.3) is 5.91 Å². The molecule has 0 saturated carbocycles. The van der Waals surface area contributed by atoms with Gasteiger partial charge in [-0.15, -0.1) is 0 Å². The molecule has 33 heavy (non-hydrogen) atoms. The number of aldehydes is 1. The molecule has 3 rings (SSSR count). The number of ether oxygens (including phenoxy) is 1. The van der Waals surface area contributed by atoms with Crippen LogP contribution in [0.2, 0.25) is 0 Å². The first kappa shape index (κ1) is 24.1. The number of carbonyl (C=O) groups excluding carboxylic acids is 4. The summed E-state index contributed by atoms with van der Waals surface area (Å²) in [6.07, 6.45) is 0.183. The minimum Gasteiger partial charge on any atom is -0.462 e. The van der Waals surface area contributed by atoms with E-state index in [1.807, 2.05) is 18.2 Å². The summed E-state index contributed by atoms with van der Waals surface area (Å²) in [5.74, 6) is -1.45. The van der Waals surface area contributed by atoms with Crippen molar-refractivity contribution in [2.75, 3.05) is 11.5 Å². The monoisotopic (exact) mass is 507 g/mol. The Bertz CT molecular complexity index is 1130. The van der Waals surface area contributed by atoms with Gasteiger partial charge in [-0.2, -0.15) is 0 Å². The highest BCUT2D eigenvalue weighted by molar-refractivity contribution is 9.10. The van der Waals surface area contributed by atoms with Crippen molar-refractivity contribution in [1.29, 1.82) is 0 Å². The summed E-state index contributed by atoms with van der Waals surface area (Å²) >= 11 is 3.39. The van der Waals surface area contributed by atoms with E-state index in [1.54, 1.807) is 55.5 Å². The molecule has 0 aliphatic carbocycles. The SMILES string of the molecule is CCOC(=O)c1ccc(N(C(=O)C=O)C(CC(=O)c2ccccc2)c2ccc(Br)cc2)cc1. The Balaban J connectivity index is 2.03. The van der Waals surface area contributed by atoms with Gasteiger partial charge in [0.1, 0.15) is 0 Å². The number of esters is 1. The number of halogens is 1. The van der Waals surface area contributed by atoms with Crippen LogP contribution in [0.4, 0.5) is 5.69 Å². The molecule has 168 valence electrons. The lowest BCUT2D eigenvalue weighted by Gasteiger charge is -2.31. The number of ketones is 1. The minimum atomic E-state index is -0.798. The van der Waals surface area contributed by atoms with Crippen molar-refractivity contribution in [3.8, 4) is 0 Å². The quantitative estimate of drug-likeness (QED) is 0.172. The molecule has 0 bridgehead atoms. The van der Waals surface area contributed by atoms with Crippen LogP contribution in [0.3, 0.4) is 0 Å². The fraction of sp³-hybridized carbons (Fsp3) is 0.154.